The zero-order chi connectivity index (χ0) is 24.5. The van der Waals surface area contributed by atoms with Crippen LogP contribution in [0.4, 0.5) is 0 Å². The highest BCUT2D eigenvalue weighted by Gasteiger charge is 2.39. The van der Waals surface area contributed by atoms with Crippen LogP contribution in [0.2, 0.25) is 0 Å². The second-order valence-electron chi connectivity index (χ2n) is 8.97. The van der Waals surface area contributed by atoms with Crippen LogP contribution in [0.3, 0.4) is 0 Å². The lowest BCUT2D eigenvalue weighted by Crippen LogP contribution is -2.32. The number of fused-ring (bicyclic) bond motifs is 2. The molecule has 3 aromatic rings. The summed E-state index contributed by atoms with van der Waals surface area (Å²) in [4.78, 5) is 29.7. The van der Waals surface area contributed by atoms with Gasteiger partial charge in [-0.1, -0.05) is 42.5 Å². The van der Waals surface area contributed by atoms with Crippen molar-refractivity contribution in [2.75, 3.05) is 13.7 Å². The predicted octanol–water partition coefficient (Wildman–Crippen LogP) is 4.35. The third-order valence-corrected chi connectivity index (χ3v) is 6.93. The molecule has 1 aromatic heterocycles. The van der Waals surface area contributed by atoms with Gasteiger partial charge < -0.3 is 25.1 Å². The summed E-state index contributed by atoms with van der Waals surface area (Å²) >= 11 is 0. The van der Waals surface area contributed by atoms with Crippen LogP contribution in [0.15, 0.2) is 77.3 Å². The second-order valence-corrected chi connectivity index (χ2v) is 8.97. The van der Waals surface area contributed by atoms with Crippen molar-refractivity contribution in [1.29, 1.82) is 0 Å². The van der Waals surface area contributed by atoms with E-state index in [0.717, 1.165) is 23.0 Å². The molecule has 2 aliphatic rings. The fourth-order valence-electron chi connectivity index (χ4n) is 5.27. The number of benzene rings is 2. The van der Waals surface area contributed by atoms with Gasteiger partial charge in [0, 0.05) is 47.5 Å². The Balaban J connectivity index is 1.43. The molecular weight excluding hydrogens is 442 g/mol. The van der Waals surface area contributed by atoms with Gasteiger partial charge in [0.05, 0.1) is 30.8 Å². The number of allylic oxidation sites excluding steroid dienone is 2. The number of rotatable bonds is 6. The van der Waals surface area contributed by atoms with Crippen LogP contribution >= 0.6 is 0 Å². The number of carbonyl (C=O) groups is 2. The van der Waals surface area contributed by atoms with E-state index in [1.54, 1.807) is 0 Å². The average Bonchev–Trinajstić information content (AvgIpc) is 3.47. The van der Waals surface area contributed by atoms with Crippen molar-refractivity contribution in [1.82, 2.24) is 15.6 Å². The van der Waals surface area contributed by atoms with Gasteiger partial charge in [0.25, 0.3) is 0 Å². The van der Waals surface area contributed by atoms with Gasteiger partial charge in [-0.3, -0.25) is 0 Å². The van der Waals surface area contributed by atoms with Crippen molar-refractivity contribution in [3.05, 3.63) is 94.0 Å². The van der Waals surface area contributed by atoms with E-state index in [0.29, 0.717) is 29.0 Å². The van der Waals surface area contributed by atoms with Crippen molar-refractivity contribution in [3.63, 3.8) is 0 Å². The molecule has 2 unspecified atom stereocenters. The summed E-state index contributed by atoms with van der Waals surface area (Å²) in [6.45, 7) is 4.74. The van der Waals surface area contributed by atoms with Gasteiger partial charge >= 0.3 is 11.9 Å². The van der Waals surface area contributed by atoms with Crippen molar-refractivity contribution >= 4 is 22.8 Å². The van der Waals surface area contributed by atoms with Crippen molar-refractivity contribution in [2.24, 2.45) is 0 Å². The first-order chi connectivity index (χ1) is 17.0. The summed E-state index contributed by atoms with van der Waals surface area (Å²) in [5.41, 5.74) is 6.44. The Kier molecular flexibility index (Phi) is 6.17. The van der Waals surface area contributed by atoms with E-state index in [2.05, 4.69) is 27.8 Å². The van der Waals surface area contributed by atoms with E-state index in [-0.39, 0.29) is 12.6 Å². The molecule has 0 saturated heterocycles. The number of H-pyrrole nitrogens is 1. The van der Waals surface area contributed by atoms with Crippen LogP contribution in [0, 0.1) is 0 Å². The quantitative estimate of drug-likeness (QED) is 0.463. The van der Waals surface area contributed by atoms with Crippen LogP contribution in [0.5, 0.6) is 0 Å². The maximum Gasteiger partial charge on any atom is 0.336 e. The first kappa shape index (κ1) is 22.9. The number of esters is 2. The molecule has 0 saturated carbocycles. The number of nitrogens with one attached hydrogen (secondary N) is 3. The number of carbonyl (C=O) groups excluding carboxylic acids is 2. The van der Waals surface area contributed by atoms with E-state index < -0.39 is 17.9 Å². The molecule has 2 aromatic carbocycles. The zero-order valence-electron chi connectivity index (χ0n) is 20.1. The second kappa shape index (κ2) is 9.43. The number of para-hydroxylation sites is 1. The number of aromatic amines is 1. The van der Waals surface area contributed by atoms with E-state index in [1.807, 2.05) is 56.4 Å². The molecule has 7 nitrogen and oxygen atoms in total. The Morgan fingerprint density at radius 3 is 2.46 bits per heavy atom. The largest absolute Gasteiger partial charge is 0.466 e. The lowest BCUT2D eigenvalue weighted by molar-refractivity contribution is -0.139. The molecule has 0 amide bonds. The molecule has 0 radical (unpaired) electrons. The van der Waals surface area contributed by atoms with E-state index in [1.165, 1.54) is 18.2 Å². The van der Waals surface area contributed by atoms with Crippen molar-refractivity contribution < 1.29 is 19.1 Å². The summed E-state index contributed by atoms with van der Waals surface area (Å²) in [5, 5.41) is 7.62. The maximum absolute atomic E-state index is 13.5. The minimum absolute atomic E-state index is 0.149. The number of hydrogen-bond acceptors (Lipinski definition) is 6. The summed E-state index contributed by atoms with van der Waals surface area (Å²) in [5.74, 6) is -1.53. The molecule has 5 rings (SSSR count). The van der Waals surface area contributed by atoms with Gasteiger partial charge in [-0.2, -0.15) is 0 Å². The van der Waals surface area contributed by atoms with Crippen LogP contribution in [-0.4, -0.2) is 30.6 Å². The van der Waals surface area contributed by atoms with Gasteiger partial charge in [-0.25, -0.2) is 9.59 Å². The number of methoxy groups -OCH3 is 1. The normalized spacial score (nSPS) is 19.5. The highest BCUT2D eigenvalue weighted by atomic mass is 16.5. The lowest BCUT2D eigenvalue weighted by Gasteiger charge is -2.30. The third kappa shape index (κ3) is 4.12. The highest BCUT2D eigenvalue weighted by molar-refractivity contribution is 6.01. The molecule has 3 N–H and O–H groups in total. The summed E-state index contributed by atoms with van der Waals surface area (Å²) in [6.07, 6.45) is 2.52. The molecular formula is C28H29N3O4. The van der Waals surface area contributed by atoms with E-state index in [4.69, 9.17) is 9.47 Å². The molecule has 0 bridgehead atoms. The van der Waals surface area contributed by atoms with Gasteiger partial charge in [-0.15, -0.1) is 0 Å². The topological polar surface area (TPSA) is 92.4 Å². The van der Waals surface area contributed by atoms with Crippen LogP contribution in [0.25, 0.3) is 10.9 Å². The minimum Gasteiger partial charge on any atom is -0.466 e. The molecule has 180 valence electrons. The van der Waals surface area contributed by atoms with E-state index >= 15 is 0 Å². The summed E-state index contributed by atoms with van der Waals surface area (Å²) in [6, 6.07) is 16.3. The molecule has 0 aliphatic carbocycles. The molecule has 35 heavy (non-hydrogen) atoms. The van der Waals surface area contributed by atoms with Gasteiger partial charge in [0.15, 0.2) is 0 Å². The first-order valence-electron chi connectivity index (χ1n) is 11.8. The molecule has 3 heterocycles. The standard InChI is InChI=1S/C28H29N3O4/c1-16-24(27(32)34-3)26(21-15-30-22-11-7-6-10-20(21)22)25(17(2)31-16)28(33)35-13-12-23-19-9-5-4-8-18(19)14-29-23/h4-11,15,23,26,29-31H,12-14H2,1-3H3. The number of dihydropyridines is 1. The predicted molar refractivity (Wildman–Crippen MR) is 133 cm³/mol. The number of aromatic nitrogens is 1. The van der Waals surface area contributed by atoms with Crippen LogP contribution in [0.1, 0.15) is 48.9 Å². The molecule has 0 fully saturated rings. The summed E-state index contributed by atoms with van der Waals surface area (Å²) in [7, 11) is 1.35. The Bertz CT molecular complexity index is 1370. The number of hydrogen-bond donors (Lipinski definition) is 3. The maximum atomic E-state index is 13.5. The number of ether oxygens (including phenoxy) is 2. The Hall–Kier alpha value is -3.84. The van der Waals surface area contributed by atoms with Crippen LogP contribution in [-0.2, 0) is 25.6 Å². The Morgan fingerprint density at radius 2 is 1.66 bits per heavy atom. The minimum atomic E-state index is -0.613. The monoisotopic (exact) mass is 471 g/mol. The third-order valence-electron chi connectivity index (χ3n) is 6.93. The average molecular weight is 472 g/mol. The SMILES string of the molecule is COC(=O)C1=C(C)NC(C)=C(C(=O)OCCC2NCc3ccccc32)C1c1c[nH]c2ccccc12. The summed E-state index contributed by atoms with van der Waals surface area (Å²) < 4.78 is 10.9. The lowest BCUT2D eigenvalue weighted by atomic mass is 9.80. The van der Waals surface area contributed by atoms with Crippen LogP contribution < -0.4 is 10.6 Å². The molecule has 7 heteroatoms. The first-order valence-corrected chi connectivity index (χ1v) is 11.8. The smallest absolute Gasteiger partial charge is 0.336 e. The van der Waals surface area contributed by atoms with Crippen molar-refractivity contribution in [3.8, 4) is 0 Å². The fourth-order valence-corrected chi connectivity index (χ4v) is 5.27. The molecule has 2 atom stereocenters. The fraction of sp³-hybridized carbons (Fsp3) is 0.286. The molecule has 2 aliphatic heterocycles. The van der Waals surface area contributed by atoms with Gasteiger partial charge in [-0.05, 0) is 36.6 Å². The van der Waals surface area contributed by atoms with Gasteiger partial charge in [0.2, 0.25) is 0 Å². The Labute approximate surface area is 204 Å². The highest BCUT2D eigenvalue weighted by Crippen LogP contribution is 2.42. The molecule has 0 spiro atoms. The van der Waals surface area contributed by atoms with Gasteiger partial charge in [0.1, 0.15) is 0 Å². The zero-order valence-corrected chi connectivity index (χ0v) is 20.1. The van der Waals surface area contributed by atoms with Crippen molar-refractivity contribution in [2.45, 2.75) is 38.8 Å². The van der Waals surface area contributed by atoms with E-state index in [9.17, 15) is 9.59 Å². The Morgan fingerprint density at radius 1 is 0.943 bits per heavy atom.